The predicted octanol–water partition coefficient (Wildman–Crippen LogP) is 4.32. The van der Waals surface area contributed by atoms with Crippen LogP contribution in [0.5, 0.6) is 5.75 Å². The first-order chi connectivity index (χ1) is 7.24. The van der Waals surface area contributed by atoms with Crippen molar-refractivity contribution in [3.63, 3.8) is 0 Å². The van der Waals surface area contributed by atoms with E-state index in [2.05, 4.69) is 75.5 Å². The van der Waals surface area contributed by atoms with Crippen LogP contribution in [0.4, 0.5) is 0 Å². The molecule has 0 N–H and O–H groups in total. The lowest BCUT2D eigenvalue weighted by atomic mass is 10.1. The molecule has 1 unspecified atom stereocenters. The van der Waals surface area contributed by atoms with E-state index in [0.717, 1.165) is 12.2 Å². The van der Waals surface area contributed by atoms with Gasteiger partial charge in [0.2, 0.25) is 0 Å². The maximum absolute atomic E-state index is 5.82. The van der Waals surface area contributed by atoms with Gasteiger partial charge in [-0.25, -0.2) is 0 Å². The molecule has 1 aliphatic carbocycles. The first-order valence-electron chi connectivity index (χ1n) is 4.70. The first kappa shape index (κ1) is 11.4. The molecule has 0 heterocycles. The highest BCUT2D eigenvalue weighted by Gasteiger charge is 2.08. The van der Waals surface area contributed by atoms with Crippen LogP contribution in [-0.4, -0.2) is 6.10 Å². The molecule has 0 fully saturated rings. The summed E-state index contributed by atoms with van der Waals surface area (Å²) in [7, 11) is 0. The van der Waals surface area contributed by atoms with Crippen molar-refractivity contribution in [3.8, 4) is 5.75 Å². The Morgan fingerprint density at radius 1 is 1.13 bits per heavy atom. The Hall–Kier alpha value is -0.0400. The van der Waals surface area contributed by atoms with Crippen molar-refractivity contribution in [2.45, 2.75) is 12.5 Å². The zero-order valence-electron chi connectivity index (χ0n) is 7.99. The molecule has 0 aliphatic heterocycles. The zero-order chi connectivity index (χ0) is 10.7. The van der Waals surface area contributed by atoms with Crippen LogP contribution >= 0.6 is 45.2 Å². The molecule has 1 aliphatic rings. The van der Waals surface area contributed by atoms with Crippen molar-refractivity contribution in [2.75, 3.05) is 0 Å². The second-order valence-electron chi connectivity index (χ2n) is 3.29. The monoisotopic (exact) mass is 424 g/mol. The van der Waals surface area contributed by atoms with Gasteiger partial charge in [-0.3, -0.25) is 0 Å². The van der Waals surface area contributed by atoms with Crippen LogP contribution in [0.25, 0.3) is 0 Å². The van der Waals surface area contributed by atoms with Gasteiger partial charge in [0.15, 0.2) is 0 Å². The predicted molar refractivity (Wildman–Crippen MR) is 79.4 cm³/mol. The van der Waals surface area contributed by atoms with Gasteiger partial charge in [-0.05, 0) is 81.6 Å². The van der Waals surface area contributed by atoms with Crippen LogP contribution in [0.15, 0.2) is 46.1 Å². The summed E-state index contributed by atoms with van der Waals surface area (Å²) in [5.41, 5.74) is 0. The quantitative estimate of drug-likeness (QED) is 0.644. The average Bonchev–Trinajstić information content (AvgIpc) is 2.25. The maximum Gasteiger partial charge on any atom is 0.121 e. The van der Waals surface area contributed by atoms with Crippen LogP contribution in [0.2, 0.25) is 0 Å². The second-order valence-corrected chi connectivity index (χ2v) is 5.79. The van der Waals surface area contributed by atoms with Crippen molar-refractivity contribution in [1.82, 2.24) is 0 Å². The molecule has 0 saturated carbocycles. The fourth-order valence-electron chi connectivity index (χ4n) is 1.35. The summed E-state index contributed by atoms with van der Waals surface area (Å²) in [6.07, 6.45) is 7.54. The summed E-state index contributed by atoms with van der Waals surface area (Å²) < 4.78 is 8.34. The van der Waals surface area contributed by atoms with E-state index in [1.165, 1.54) is 7.15 Å². The van der Waals surface area contributed by atoms with E-state index in [1.54, 1.807) is 0 Å². The third kappa shape index (κ3) is 3.48. The van der Waals surface area contributed by atoms with Gasteiger partial charge in [0.25, 0.3) is 0 Å². The summed E-state index contributed by atoms with van der Waals surface area (Å²) in [5.74, 6) is 0.940. The molecule has 1 atom stereocenters. The van der Waals surface area contributed by atoms with Crippen LogP contribution in [0, 0.1) is 3.57 Å². The molecule has 15 heavy (non-hydrogen) atoms. The number of hydrogen-bond donors (Lipinski definition) is 0. The molecule has 1 aromatic carbocycles. The molecule has 0 radical (unpaired) electrons. The highest BCUT2D eigenvalue weighted by Crippen LogP contribution is 2.21. The Kier molecular flexibility index (Phi) is 4.07. The molecule has 0 aromatic heterocycles. The number of halogens is 2. The minimum atomic E-state index is 0.184. The normalized spacial score (nSPS) is 19.9. The lowest BCUT2D eigenvalue weighted by Gasteiger charge is -2.16. The van der Waals surface area contributed by atoms with Crippen molar-refractivity contribution in [2.24, 2.45) is 0 Å². The van der Waals surface area contributed by atoms with E-state index in [0.29, 0.717) is 0 Å². The van der Waals surface area contributed by atoms with Gasteiger partial charge in [0.1, 0.15) is 11.9 Å². The van der Waals surface area contributed by atoms with Gasteiger partial charge in [-0.15, -0.1) is 0 Å². The summed E-state index contributed by atoms with van der Waals surface area (Å²) in [4.78, 5) is 0. The fraction of sp³-hybridized carbons (Fsp3) is 0.167. The van der Waals surface area contributed by atoms with Gasteiger partial charge in [0, 0.05) is 13.6 Å². The number of ether oxygens (including phenoxy) is 1. The molecule has 0 bridgehead atoms. The minimum Gasteiger partial charge on any atom is -0.486 e. The summed E-state index contributed by atoms with van der Waals surface area (Å²) >= 11 is 4.61. The molecule has 1 nitrogen and oxygen atoms in total. The van der Waals surface area contributed by atoms with Gasteiger partial charge in [-0.2, -0.15) is 0 Å². The van der Waals surface area contributed by atoms with E-state index in [-0.39, 0.29) is 6.10 Å². The van der Waals surface area contributed by atoms with Crippen molar-refractivity contribution >= 4 is 45.2 Å². The molecule has 0 spiro atoms. The third-order valence-corrected chi connectivity index (χ3v) is 3.64. The van der Waals surface area contributed by atoms with E-state index >= 15 is 0 Å². The Bertz CT molecular complexity index is 393. The summed E-state index contributed by atoms with van der Waals surface area (Å²) in [6, 6.07) is 8.14. The molecular formula is C12H10I2O. The number of rotatable bonds is 2. The van der Waals surface area contributed by atoms with E-state index in [1.807, 2.05) is 12.1 Å². The lowest BCUT2D eigenvalue weighted by molar-refractivity contribution is 0.251. The molecule has 0 saturated heterocycles. The van der Waals surface area contributed by atoms with E-state index in [9.17, 15) is 0 Å². The summed E-state index contributed by atoms with van der Waals surface area (Å²) in [6.45, 7) is 0. The summed E-state index contributed by atoms with van der Waals surface area (Å²) in [5, 5.41) is 0. The van der Waals surface area contributed by atoms with Gasteiger partial charge in [-0.1, -0.05) is 6.08 Å². The SMILES string of the molecule is IC1=CCC(Oc2ccc(I)cc2)C=C1. The van der Waals surface area contributed by atoms with Gasteiger partial charge < -0.3 is 4.74 Å². The Labute approximate surface area is 117 Å². The Morgan fingerprint density at radius 3 is 2.47 bits per heavy atom. The van der Waals surface area contributed by atoms with Crippen LogP contribution < -0.4 is 4.74 Å². The lowest BCUT2D eigenvalue weighted by Crippen LogP contribution is -2.14. The van der Waals surface area contributed by atoms with E-state index in [4.69, 9.17) is 4.74 Å². The van der Waals surface area contributed by atoms with Crippen LogP contribution in [-0.2, 0) is 0 Å². The van der Waals surface area contributed by atoms with Crippen molar-refractivity contribution in [3.05, 3.63) is 49.6 Å². The minimum absolute atomic E-state index is 0.184. The second kappa shape index (κ2) is 5.34. The fourth-order valence-corrected chi connectivity index (χ4v) is 2.17. The van der Waals surface area contributed by atoms with Gasteiger partial charge >= 0.3 is 0 Å². The van der Waals surface area contributed by atoms with Gasteiger partial charge in [0.05, 0.1) is 0 Å². The largest absolute Gasteiger partial charge is 0.486 e. The number of allylic oxidation sites excluding steroid dienone is 2. The number of hydrogen-bond acceptors (Lipinski definition) is 1. The van der Waals surface area contributed by atoms with E-state index < -0.39 is 0 Å². The molecular weight excluding hydrogens is 414 g/mol. The standard InChI is InChI=1S/C12H10I2O/c13-9-1-5-11(6-2-9)15-12-7-3-10(14)4-8-12/h1-7,12H,8H2. The smallest absolute Gasteiger partial charge is 0.121 e. The first-order valence-corrected chi connectivity index (χ1v) is 6.86. The van der Waals surface area contributed by atoms with Crippen molar-refractivity contribution < 1.29 is 4.74 Å². The molecule has 0 amide bonds. The number of benzene rings is 1. The molecule has 78 valence electrons. The van der Waals surface area contributed by atoms with Crippen LogP contribution in [0.3, 0.4) is 0 Å². The Morgan fingerprint density at radius 2 is 1.87 bits per heavy atom. The zero-order valence-corrected chi connectivity index (χ0v) is 12.3. The molecule has 1 aromatic rings. The molecule has 2 rings (SSSR count). The van der Waals surface area contributed by atoms with Crippen LogP contribution in [0.1, 0.15) is 6.42 Å². The van der Waals surface area contributed by atoms with Crippen molar-refractivity contribution in [1.29, 1.82) is 0 Å². The third-order valence-electron chi connectivity index (χ3n) is 2.12. The topological polar surface area (TPSA) is 9.23 Å². The molecule has 3 heteroatoms. The maximum atomic E-state index is 5.82. The highest BCUT2D eigenvalue weighted by atomic mass is 127. The Balaban J connectivity index is 1.99. The highest BCUT2D eigenvalue weighted by molar-refractivity contribution is 14.1. The average molecular weight is 424 g/mol.